The molecule has 1 unspecified atom stereocenters. The van der Waals surface area contributed by atoms with E-state index < -0.39 is 5.54 Å². The van der Waals surface area contributed by atoms with Crippen molar-refractivity contribution >= 4 is 28.5 Å². The van der Waals surface area contributed by atoms with Crippen molar-refractivity contribution in [1.82, 2.24) is 15.2 Å². The predicted octanol–water partition coefficient (Wildman–Crippen LogP) is 4.14. The second kappa shape index (κ2) is 7.15. The Bertz CT molecular complexity index is 1180. The van der Waals surface area contributed by atoms with Crippen molar-refractivity contribution in [2.75, 3.05) is 18.0 Å². The lowest BCUT2D eigenvalue weighted by atomic mass is 9.80. The summed E-state index contributed by atoms with van der Waals surface area (Å²) in [5.41, 5.74) is 3.51. The van der Waals surface area contributed by atoms with Crippen LogP contribution in [-0.4, -0.2) is 41.0 Å². The highest BCUT2D eigenvalue weighted by atomic mass is 16.2. The van der Waals surface area contributed by atoms with Gasteiger partial charge in [-0.2, -0.15) is 0 Å². The first-order valence-corrected chi connectivity index (χ1v) is 11.1. The zero-order valence-corrected chi connectivity index (χ0v) is 18.2. The second-order valence-corrected chi connectivity index (χ2v) is 8.65. The minimum atomic E-state index is -1.19. The van der Waals surface area contributed by atoms with Crippen molar-refractivity contribution < 1.29 is 9.59 Å². The van der Waals surface area contributed by atoms with Crippen LogP contribution in [0.4, 0.5) is 10.5 Å². The number of rotatable bonds is 3. The molecule has 5 rings (SSSR count). The number of nitrogens with zero attached hydrogens (tertiary/aromatic N) is 2. The summed E-state index contributed by atoms with van der Waals surface area (Å²) in [6, 6.07) is 15.8. The molecule has 0 aliphatic carbocycles. The summed E-state index contributed by atoms with van der Waals surface area (Å²) in [6.45, 7) is 7.12. The number of fused-ring (bicyclic) bond motifs is 6. The maximum absolute atomic E-state index is 14.3. The van der Waals surface area contributed by atoms with E-state index >= 15 is 0 Å². The number of nitrogens with one attached hydrogen (secondary N) is 2. The lowest BCUT2D eigenvalue weighted by molar-refractivity contribution is -0.127. The van der Waals surface area contributed by atoms with Crippen molar-refractivity contribution in [2.45, 2.75) is 45.2 Å². The Hall–Kier alpha value is -3.28. The lowest BCUT2D eigenvalue weighted by Gasteiger charge is -2.43. The van der Waals surface area contributed by atoms with Gasteiger partial charge in [-0.05, 0) is 44.4 Å². The molecule has 6 heteroatoms. The molecule has 1 atom stereocenters. The number of aromatic nitrogens is 1. The van der Waals surface area contributed by atoms with Crippen LogP contribution in [0.25, 0.3) is 10.9 Å². The predicted molar refractivity (Wildman–Crippen MR) is 122 cm³/mol. The van der Waals surface area contributed by atoms with Gasteiger partial charge in [-0.1, -0.05) is 43.3 Å². The molecule has 0 radical (unpaired) electrons. The number of hydrogen-bond acceptors (Lipinski definition) is 2. The Morgan fingerprint density at radius 1 is 1.16 bits per heavy atom. The third-order valence-corrected chi connectivity index (χ3v) is 6.54. The zero-order valence-electron chi connectivity index (χ0n) is 18.2. The van der Waals surface area contributed by atoms with E-state index in [9.17, 15) is 9.59 Å². The maximum Gasteiger partial charge on any atom is 0.318 e. The van der Waals surface area contributed by atoms with E-state index in [1.807, 2.05) is 68.1 Å². The maximum atomic E-state index is 14.3. The summed E-state index contributed by atoms with van der Waals surface area (Å²) < 4.78 is 0. The minimum Gasteiger partial charge on any atom is -0.355 e. The molecule has 1 aromatic heterocycles. The molecular weight excluding hydrogens is 388 g/mol. The number of H-pyrrole nitrogens is 1. The highest BCUT2D eigenvalue weighted by Crippen LogP contribution is 2.52. The van der Waals surface area contributed by atoms with Crippen LogP contribution < -0.4 is 10.2 Å². The number of hydrogen-bond donors (Lipinski definition) is 2. The SMILES string of the molecule is CCCNC(=O)N1CCc2c([nH]c3ccccc23)C12C(=O)N(C(C)C)c1ccccc12. The van der Waals surface area contributed by atoms with Gasteiger partial charge in [0.25, 0.3) is 5.91 Å². The Kier molecular flexibility index (Phi) is 4.54. The smallest absolute Gasteiger partial charge is 0.318 e. The fourth-order valence-corrected chi connectivity index (χ4v) is 5.28. The van der Waals surface area contributed by atoms with Crippen LogP contribution in [0.15, 0.2) is 48.5 Å². The van der Waals surface area contributed by atoms with Gasteiger partial charge in [0.05, 0.1) is 11.4 Å². The van der Waals surface area contributed by atoms with E-state index in [4.69, 9.17) is 0 Å². The second-order valence-electron chi connectivity index (χ2n) is 8.65. The van der Waals surface area contributed by atoms with Crippen LogP contribution in [0.3, 0.4) is 0 Å². The van der Waals surface area contributed by atoms with E-state index in [1.165, 1.54) is 0 Å². The Balaban J connectivity index is 1.82. The fourth-order valence-electron chi connectivity index (χ4n) is 5.28. The molecule has 2 aromatic carbocycles. The molecule has 6 nitrogen and oxygen atoms in total. The Morgan fingerprint density at radius 2 is 1.90 bits per heavy atom. The van der Waals surface area contributed by atoms with Gasteiger partial charge in [-0.25, -0.2) is 4.79 Å². The summed E-state index contributed by atoms with van der Waals surface area (Å²) in [5, 5.41) is 4.14. The van der Waals surface area contributed by atoms with Gasteiger partial charge >= 0.3 is 6.03 Å². The summed E-state index contributed by atoms with van der Waals surface area (Å²) >= 11 is 0. The largest absolute Gasteiger partial charge is 0.355 e. The molecular formula is C25H28N4O2. The number of para-hydroxylation sites is 2. The van der Waals surface area contributed by atoms with Crippen molar-refractivity contribution in [1.29, 1.82) is 0 Å². The van der Waals surface area contributed by atoms with E-state index in [0.29, 0.717) is 19.5 Å². The van der Waals surface area contributed by atoms with Crippen LogP contribution in [0.5, 0.6) is 0 Å². The van der Waals surface area contributed by atoms with Gasteiger partial charge in [0.1, 0.15) is 0 Å². The van der Waals surface area contributed by atoms with Gasteiger partial charge < -0.3 is 20.1 Å². The van der Waals surface area contributed by atoms with Crippen LogP contribution >= 0.6 is 0 Å². The number of urea groups is 1. The monoisotopic (exact) mass is 416 g/mol. The molecule has 2 aliphatic heterocycles. The van der Waals surface area contributed by atoms with Crippen molar-refractivity contribution in [3.8, 4) is 0 Å². The van der Waals surface area contributed by atoms with Crippen molar-refractivity contribution in [2.24, 2.45) is 0 Å². The van der Waals surface area contributed by atoms with Crippen LogP contribution in [0.1, 0.15) is 44.0 Å². The van der Waals surface area contributed by atoms with Crippen LogP contribution in [-0.2, 0) is 16.8 Å². The van der Waals surface area contributed by atoms with Gasteiger partial charge in [0.15, 0.2) is 5.54 Å². The number of amides is 3. The molecule has 1 spiro atoms. The number of aromatic amines is 1. The molecule has 2 aliphatic rings. The van der Waals surface area contributed by atoms with E-state index in [1.54, 1.807) is 4.90 Å². The molecule has 0 bridgehead atoms. The summed E-state index contributed by atoms with van der Waals surface area (Å²) in [5.74, 6) is -0.0668. The van der Waals surface area contributed by atoms with E-state index in [2.05, 4.69) is 16.4 Å². The number of anilines is 1. The van der Waals surface area contributed by atoms with Gasteiger partial charge in [0.2, 0.25) is 0 Å². The van der Waals surface area contributed by atoms with Crippen LogP contribution in [0, 0.1) is 0 Å². The lowest BCUT2D eigenvalue weighted by Crippen LogP contribution is -2.62. The Morgan fingerprint density at radius 3 is 2.68 bits per heavy atom. The molecule has 160 valence electrons. The summed E-state index contributed by atoms with van der Waals surface area (Å²) in [6.07, 6.45) is 1.55. The van der Waals surface area contributed by atoms with Gasteiger partial charge in [-0.3, -0.25) is 4.79 Å². The number of carbonyl (C=O) groups is 2. The van der Waals surface area contributed by atoms with E-state index in [0.717, 1.165) is 39.8 Å². The molecule has 3 amide bonds. The number of carbonyl (C=O) groups excluding carboxylic acids is 2. The third-order valence-electron chi connectivity index (χ3n) is 6.54. The van der Waals surface area contributed by atoms with Gasteiger partial charge in [0, 0.05) is 35.6 Å². The first-order chi connectivity index (χ1) is 15.0. The topological polar surface area (TPSA) is 68.4 Å². The van der Waals surface area contributed by atoms with E-state index in [-0.39, 0.29) is 18.0 Å². The van der Waals surface area contributed by atoms with Crippen molar-refractivity contribution in [3.63, 3.8) is 0 Å². The normalized spacial score (nSPS) is 19.9. The van der Waals surface area contributed by atoms with Crippen molar-refractivity contribution in [3.05, 3.63) is 65.4 Å². The average Bonchev–Trinajstić information content (AvgIpc) is 3.27. The fraction of sp³-hybridized carbons (Fsp3) is 0.360. The van der Waals surface area contributed by atoms with Crippen LogP contribution in [0.2, 0.25) is 0 Å². The summed E-state index contributed by atoms with van der Waals surface area (Å²) in [4.78, 5) is 34.8. The Labute approximate surface area is 182 Å². The third kappa shape index (κ3) is 2.57. The molecule has 3 aromatic rings. The minimum absolute atomic E-state index is 0.0247. The average molecular weight is 417 g/mol. The molecule has 0 fully saturated rings. The molecule has 2 N–H and O–H groups in total. The standard InChI is InChI=1S/C25H28N4O2/c1-4-14-26-24(31)28-15-13-18-17-9-5-7-11-20(17)27-22(18)25(28)19-10-6-8-12-21(19)29(16(2)3)23(25)30/h5-12,16,27H,4,13-15H2,1-3H3,(H,26,31). The molecule has 0 saturated carbocycles. The number of benzene rings is 2. The quantitative estimate of drug-likeness (QED) is 0.674. The molecule has 31 heavy (non-hydrogen) atoms. The zero-order chi connectivity index (χ0) is 21.8. The highest BCUT2D eigenvalue weighted by molar-refractivity contribution is 6.13. The highest BCUT2D eigenvalue weighted by Gasteiger charge is 2.61. The summed E-state index contributed by atoms with van der Waals surface area (Å²) in [7, 11) is 0. The molecule has 0 saturated heterocycles. The van der Waals surface area contributed by atoms with Gasteiger partial charge in [-0.15, -0.1) is 0 Å². The molecule has 3 heterocycles. The first-order valence-electron chi connectivity index (χ1n) is 11.1. The first kappa shape index (κ1) is 19.7.